The number of hydrogen-bond acceptors (Lipinski definition) is 7. The van der Waals surface area contributed by atoms with Crippen molar-refractivity contribution in [3.8, 4) is 11.5 Å². The number of hydrogen-bond donors (Lipinski definition) is 2. The van der Waals surface area contributed by atoms with Crippen LogP contribution in [0.3, 0.4) is 0 Å². The van der Waals surface area contributed by atoms with Gasteiger partial charge in [0.2, 0.25) is 11.8 Å². The summed E-state index contributed by atoms with van der Waals surface area (Å²) in [7, 11) is 2.90. The Balaban J connectivity index is 1.56. The molecule has 1 aromatic heterocycles. The average Bonchev–Trinajstić information content (AvgIpc) is 3.48. The molecular weight excluding hydrogens is 504 g/mol. The van der Waals surface area contributed by atoms with Crippen LogP contribution in [0.5, 0.6) is 11.5 Å². The molecule has 39 heavy (non-hydrogen) atoms. The molecule has 2 heterocycles. The van der Waals surface area contributed by atoms with E-state index in [1.807, 2.05) is 0 Å². The second-order valence-electron chi connectivity index (χ2n) is 9.95. The Bertz CT molecular complexity index is 1340. The zero-order chi connectivity index (χ0) is 27.8. The van der Waals surface area contributed by atoms with Crippen LogP contribution in [0.1, 0.15) is 51.4 Å². The van der Waals surface area contributed by atoms with E-state index in [2.05, 4.69) is 16.7 Å². The SMILES string of the molecule is COc1cc2c(=O)n(CCC(=O)NCC3CCCO3)c(=O)n(CC(=O)NCCC3=CCCCC3)c2cc1OC. The van der Waals surface area contributed by atoms with Crippen molar-refractivity contribution >= 4 is 22.7 Å². The van der Waals surface area contributed by atoms with Crippen LogP contribution in [-0.2, 0) is 27.4 Å². The number of nitrogens with one attached hydrogen (secondary N) is 2. The Morgan fingerprint density at radius 3 is 2.51 bits per heavy atom. The number of carbonyl (C=O) groups is 2. The predicted molar refractivity (Wildman–Crippen MR) is 146 cm³/mol. The van der Waals surface area contributed by atoms with E-state index in [1.54, 1.807) is 0 Å². The standard InChI is InChI=1S/C28H38N4O7/c1-37-23-15-21-22(16-24(23)38-2)32(18-26(34)29-12-10-19-7-4-3-5-8-19)28(36)31(27(21)35)13-11-25(33)30-17-20-9-6-14-39-20/h7,15-16,20H,3-6,8-14,17-18H2,1-2H3,(H,29,34)(H,30,33). The number of fused-ring (bicyclic) bond motifs is 1. The molecule has 2 N–H and O–H groups in total. The van der Waals surface area contributed by atoms with Gasteiger partial charge in [0.05, 0.1) is 31.2 Å². The average molecular weight is 543 g/mol. The first-order chi connectivity index (χ1) is 18.9. The number of allylic oxidation sites excluding steroid dienone is 1. The lowest BCUT2D eigenvalue weighted by Gasteiger charge is -2.17. The summed E-state index contributed by atoms with van der Waals surface area (Å²) >= 11 is 0. The molecule has 0 bridgehead atoms. The van der Waals surface area contributed by atoms with E-state index >= 15 is 0 Å². The van der Waals surface area contributed by atoms with Gasteiger partial charge in [0, 0.05) is 38.7 Å². The predicted octanol–water partition coefficient (Wildman–Crippen LogP) is 1.87. The Morgan fingerprint density at radius 1 is 1.03 bits per heavy atom. The van der Waals surface area contributed by atoms with E-state index < -0.39 is 11.2 Å². The normalized spacial score (nSPS) is 17.1. The van der Waals surface area contributed by atoms with E-state index in [-0.39, 0.29) is 48.3 Å². The molecule has 4 rings (SSSR count). The minimum absolute atomic E-state index is 0.00932. The highest BCUT2D eigenvalue weighted by Crippen LogP contribution is 2.30. The summed E-state index contributed by atoms with van der Waals surface area (Å²) < 4.78 is 18.5. The number of methoxy groups -OCH3 is 2. The topological polar surface area (TPSA) is 130 Å². The molecule has 212 valence electrons. The maximum atomic E-state index is 13.5. The molecule has 1 aliphatic heterocycles. The summed E-state index contributed by atoms with van der Waals surface area (Å²) in [6, 6.07) is 3.02. The monoisotopic (exact) mass is 542 g/mol. The molecule has 0 saturated carbocycles. The van der Waals surface area contributed by atoms with Gasteiger partial charge in [0.1, 0.15) is 6.54 Å². The molecule has 0 radical (unpaired) electrons. The van der Waals surface area contributed by atoms with Crippen molar-refractivity contribution in [1.29, 1.82) is 0 Å². The van der Waals surface area contributed by atoms with Crippen LogP contribution in [0.15, 0.2) is 33.4 Å². The molecule has 2 aliphatic rings. The molecule has 1 fully saturated rings. The third-order valence-corrected chi connectivity index (χ3v) is 7.30. The molecule has 1 atom stereocenters. The quantitative estimate of drug-likeness (QED) is 0.392. The number of nitrogens with zero attached hydrogens (tertiary/aromatic N) is 2. The van der Waals surface area contributed by atoms with Crippen molar-refractivity contribution in [2.75, 3.05) is 33.9 Å². The fourth-order valence-electron chi connectivity index (χ4n) is 5.12. The van der Waals surface area contributed by atoms with Crippen molar-refractivity contribution in [2.24, 2.45) is 0 Å². The Labute approximate surface area is 227 Å². The minimum atomic E-state index is -0.670. The summed E-state index contributed by atoms with van der Waals surface area (Å²) in [5.41, 5.74) is 0.361. The van der Waals surface area contributed by atoms with Crippen LogP contribution < -0.4 is 31.4 Å². The van der Waals surface area contributed by atoms with Crippen molar-refractivity contribution in [3.63, 3.8) is 0 Å². The zero-order valence-electron chi connectivity index (χ0n) is 22.8. The van der Waals surface area contributed by atoms with Crippen LogP contribution in [0, 0.1) is 0 Å². The Morgan fingerprint density at radius 2 is 1.82 bits per heavy atom. The van der Waals surface area contributed by atoms with Crippen LogP contribution >= 0.6 is 0 Å². The van der Waals surface area contributed by atoms with E-state index in [4.69, 9.17) is 14.2 Å². The van der Waals surface area contributed by atoms with Crippen LogP contribution in [0.2, 0.25) is 0 Å². The summed E-state index contributed by atoms with van der Waals surface area (Å²) in [5.74, 6) is 0.0152. The van der Waals surface area contributed by atoms with Crippen molar-refractivity contribution in [1.82, 2.24) is 19.8 Å². The minimum Gasteiger partial charge on any atom is -0.493 e. The van der Waals surface area contributed by atoms with E-state index in [0.29, 0.717) is 31.2 Å². The van der Waals surface area contributed by atoms with Crippen molar-refractivity contribution in [2.45, 2.75) is 70.6 Å². The first kappa shape index (κ1) is 28.4. The summed E-state index contributed by atoms with van der Waals surface area (Å²) in [6.45, 7) is 1.14. The van der Waals surface area contributed by atoms with E-state index in [0.717, 1.165) is 36.7 Å². The number of carbonyl (C=O) groups excluding carboxylic acids is 2. The number of rotatable bonds is 12. The third kappa shape index (κ3) is 7.08. The first-order valence-corrected chi connectivity index (χ1v) is 13.6. The second-order valence-corrected chi connectivity index (χ2v) is 9.95. The molecule has 11 heteroatoms. The van der Waals surface area contributed by atoms with E-state index in [1.165, 1.54) is 49.3 Å². The lowest BCUT2D eigenvalue weighted by atomic mass is 9.97. The lowest BCUT2D eigenvalue weighted by Crippen LogP contribution is -2.43. The van der Waals surface area contributed by atoms with Gasteiger partial charge in [0.25, 0.3) is 5.56 Å². The van der Waals surface area contributed by atoms with Crippen molar-refractivity contribution < 1.29 is 23.8 Å². The molecule has 1 saturated heterocycles. The molecule has 11 nitrogen and oxygen atoms in total. The largest absolute Gasteiger partial charge is 0.493 e. The molecule has 2 amide bonds. The van der Waals surface area contributed by atoms with Gasteiger partial charge in [-0.2, -0.15) is 0 Å². The second kappa shape index (κ2) is 13.5. The van der Waals surface area contributed by atoms with Crippen LogP contribution in [-0.4, -0.2) is 61.0 Å². The number of ether oxygens (including phenoxy) is 3. The van der Waals surface area contributed by atoms with Crippen LogP contribution in [0.4, 0.5) is 0 Å². The van der Waals surface area contributed by atoms with Crippen LogP contribution in [0.25, 0.3) is 10.9 Å². The molecule has 2 aromatic rings. The van der Waals surface area contributed by atoms with Gasteiger partial charge in [-0.15, -0.1) is 0 Å². The number of aromatic nitrogens is 2. The zero-order valence-corrected chi connectivity index (χ0v) is 22.8. The molecule has 1 aliphatic carbocycles. The molecule has 0 spiro atoms. The Kier molecular flexibility index (Phi) is 9.80. The van der Waals surface area contributed by atoms with Gasteiger partial charge in [0.15, 0.2) is 11.5 Å². The van der Waals surface area contributed by atoms with Gasteiger partial charge < -0.3 is 24.8 Å². The first-order valence-electron chi connectivity index (χ1n) is 13.6. The van der Waals surface area contributed by atoms with Gasteiger partial charge in [-0.1, -0.05) is 11.6 Å². The van der Waals surface area contributed by atoms with Gasteiger partial charge in [-0.25, -0.2) is 4.79 Å². The fourth-order valence-corrected chi connectivity index (χ4v) is 5.12. The maximum absolute atomic E-state index is 13.5. The molecule has 1 aromatic carbocycles. The Hall–Kier alpha value is -3.60. The summed E-state index contributed by atoms with van der Waals surface area (Å²) in [5, 5.41) is 5.89. The smallest absolute Gasteiger partial charge is 0.331 e. The lowest BCUT2D eigenvalue weighted by molar-refractivity contribution is -0.122. The summed E-state index contributed by atoms with van der Waals surface area (Å²) in [6.07, 6.45) is 9.27. The third-order valence-electron chi connectivity index (χ3n) is 7.30. The number of amides is 2. The maximum Gasteiger partial charge on any atom is 0.331 e. The molecule has 1 unspecified atom stereocenters. The molecular formula is C28H38N4O7. The van der Waals surface area contributed by atoms with Gasteiger partial charge in [-0.05, 0) is 51.0 Å². The van der Waals surface area contributed by atoms with Gasteiger partial charge in [-0.3, -0.25) is 23.5 Å². The number of benzene rings is 1. The highest BCUT2D eigenvalue weighted by molar-refractivity contribution is 5.84. The van der Waals surface area contributed by atoms with Crippen molar-refractivity contribution in [3.05, 3.63) is 44.6 Å². The highest BCUT2D eigenvalue weighted by atomic mass is 16.5. The highest BCUT2D eigenvalue weighted by Gasteiger charge is 2.20. The van der Waals surface area contributed by atoms with E-state index in [9.17, 15) is 19.2 Å². The summed E-state index contributed by atoms with van der Waals surface area (Å²) in [4.78, 5) is 52.2. The fraction of sp³-hybridized carbons (Fsp3) is 0.571. The van der Waals surface area contributed by atoms with Gasteiger partial charge >= 0.3 is 5.69 Å².